The van der Waals surface area contributed by atoms with Crippen molar-refractivity contribution < 1.29 is 38.1 Å². The highest BCUT2D eigenvalue weighted by molar-refractivity contribution is 9.09. The van der Waals surface area contributed by atoms with Crippen LogP contribution in [0.2, 0.25) is 0 Å². The van der Waals surface area contributed by atoms with Crippen molar-refractivity contribution in [3.8, 4) is 0 Å². The lowest BCUT2D eigenvalue weighted by molar-refractivity contribution is -0.180. The van der Waals surface area contributed by atoms with Crippen molar-refractivity contribution in [3.63, 3.8) is 0 Å². The summed E-state index contributed by atoms with van der Waals surface area (Å²) in [4.78, 5) is 44.7. The summed E-state index contributed by atoms with van der Waals surface area (Å²) in [7, 11) is 0. The van der Waals surface area contributed by atoms with Crippen molar-refractivity contribution in [3.05, 3.63) is 11.6 Å². The van der Waals surface area contributed by atoms with E-state index in [9.17, 15) is 19.2 Å². The van der Waals surface area contributed by atoms with Crippen molar-refractivity contribution in [2.45, 2.75) is 50.8 Å². The number of halogens is 1. The Morgan fingerprint density at radius 2 is 1.38 bits per heavy atom. The van der Waals surface area contributed by atoms with Gasteiger partial charge in [-0.05, 0) is 0 Å². The molecule has 1 aliphatic carbocycles. The number of hydrogen-bond acceptors (Lipinski definition) is 8. The standard InChI is InChI=1S/C15H19BrO8/c1-7(17)21-6-11-5-12(16)14(23-9(3)19)15(24-10(4)20)13(11)22-8(2)18/h5,12-15H,6H2,1-4H3/t12-,13+,14+,15+/m1/s1. The van der Waals surface area contributed by atoms with Crippen LogP contribution in [-0.4, -0.2) is 53.6 Å². The summed E-state index contributed by atoms with van der Waals surface area (Å²) in [6.45, 7) is 4.67. The third-order valence-corrected chi connectivity index (χ3v) is 3.80. The summed E-state index contributed by atoms with van der Waals surface area (Å²) >= 11 is 3.33. The van der Waals surface area contributed by atoms with E-state index in [2.05, 4.69) is 15.9 Å². The number of esters is 4. The lowest BCUT2D eigenvalue weighted by atomic mass is 9.91. The highest BCUT2D eigenvalue weighted by atomic mass is 79.9. The molecule has 0 aromatic rings. The van der Waals surface area contributed by atoms with Crippen LogP contribution < -0.4 is 0 Å². The Kier molecular flexibility index (Phi) is 7.40. The lowest BCUT2D eigenvalue weighted by Crippen LogP contribution is -2.52. The fraction of sp³-hybridized carbons (Fsp3) is 0.600. The van der Waals surface area contributed by atoms with Crippen molar-refractivity contribution in [2.24, 2.45) is 0 Å². The topological polar surface area (TPSA) is 105 Å². The van der Waals surface area contributed by atoms with E-state index in [-0.39, 0.29) is 6.61 Å². The van der Waals surface area contributed by atoms with Gasteiger partial charge in [0.25, 0.3) is 0 Å². The molecular formula is C15H19BrO8. The summed E-state index contributed by atoms with van der Waals surface area (Å²) in [5, 5.41) is 0. The van der Waals surface area contributed by atoms with E-state index in [4.69, 9.17) is 18.9 Å². The van der Waals surface area contributed by atoms with Gasteiger partial charge in [0.15, 0.2) is 18.3 Å². The van der Waals surface area contributed by atoms with Crippen molar-refractivity contribution >= 4 is 39.8 Å². The predicted molar refractivity (Wildman–Crippen MR) is 84.1 cm³/mol. The van der Waals surface area contributed by atoms with E-state index in [1.54, 1.807) is 6.08 Å². The smallest absolute Gasteiger partial charge is 0.303 e. The number of hydrogen-bond donors (Lipinski definition) is 0. The molecule has 1 aliphatic rings. The minimum absolute atomic E-state index is 0.153. The fourth-order valence-electron chi connectivity index (χ4n) is 2.24. The molecular weight excluding hydrogens is 388 g/mol. The number of carbonyl (C=O) groups excluding carboxylic acids is 4. The number of ether oxygens (including phenoxy) is 4. The van der Waals surface area contributed by atoms with Gasteiger partial charge in [-0.25, -0.2) is 0 Å². The second-order valence-corrected chi connectivity index (χ2v) is 6.20. The molecule has 0 saturated carbocycles. The Labute approximate surface area is 147 Å². The number of alkyl halides is 1. The maximum atomic E-state index is 11.4. The molecule has 8 nitrogen and oxygen atoms in total. The summed E-state index contributed by atoms with van der Waals surface area (Å²) < 4.78 is 20.6. The van der Waals surface area contributed by atoms with E-state index >= 15 is 0 Å². The van der Waals surface area contributed by atoms with E-state index in [0.717, 1.165) is 0 Å². The van der Waals surface area contributed by atoms with Gasteiger partial charge in [0.2, 0.25) is 0 Å². The van der Waals surface area contributed by atoms with Gasteiger partial charge < -0.3 is 18.9 Å². The SMILES string of the molecule is CC(=O)OCC1=C[C@@H](Br)[C@H](OC(C)=O)[C@@H](OC(C)=O)[C@H]1OC(C)=O. The first-order chi connectivity index (χ1) is 11.1. The van der Waals surface area contributed by atoms with Crippen LogP contribution in [0.1, 0.15) is 27.7 Å². The molecule has 0 aromatic carbocycles. The molecule has 9 heteroatoms. The molecule has 4 atom stereocenters. The van der Waals surface area contributed by atoms with Gasteiger partial charge in [0.1, 0.15) is 6.61 Å². The lowest BCUT2D eigenvalue weighted by Gasteiger charge is -2.38. The van der Waals surface area contributed by atoms with E-state index in [0.29, 0.717) is 5.57 Å². The first-order valence-corrected chi connectivity index (χ1v) is 8.03. The summed E-state index contributed by atoms with van der Waals surface area (Å²) in [5.41, 5.74) is 0.414. The van der Waals surface area contributed by atoms with Gasteiger partial charge in [-0.1, -0.05) is 22.0 Å². The quantitative estimate of drug-likeness (QED) is 0.288. The van der Waals surface area contributed by atoms with E-state index in [1.807, 2.05) is 0 Å². The zero-order chi connectivity index (χ0) is 18.4. The molecule has 1 rings (SSSR count). The maximum absolute atomic E-state index is 11.4. The first-order valence-electron chi connectivity index (χ1n) is 7.11. The summed E-state index contributed by atoms with van der Waals surface area (Å²) in [6, 6.07) is 0. The van der Waals surface area contributed by atoms with Crippen LogP contribution in [0.15, 0.2) is 11.6 Å². The molecule has 0 bridgehead atoms. The van der Waals surface area contributed by atoms with Crippen molar-refractivity contribution in [2.75, 3.05) is 6.61 Å². The zero-order valence-electron chi connectivity index (χ0n) is 13.7. The molecule has 0 saturated heterocycles. The minimum atomic E-state index is -1.07. The normalized spacial score (nSPS) is 26.0. The van der Waals surface area contributed by atoms with Gasteiger partial charge in [-0.3, -0.25) is 19.2 Å². The molecule has 0 aliphatic heterocycles. The largest absolute Gasteiger partial charge is 0.461 e. The van der Waals surface area contributed by atoms with Crippen LogP contribution in [0.25, 0.3) is 0 Å². The molecule has 0 radical (unpaired) electrons. The third-order valence-electron chi connectivity index (χ3n) is 3.01. The van der Waals surface area contributed by atoms with Crippen LogP contribution in [0.3, 0.4) is 0 Å². The van der Waals surface area contributed by atoms with Crippen LogP contribution in [0.5, 0.6) is 0 Å². The van der Waals surface area contributed by atoms with Crippen LogP contribution in [-0.2, 0) is 38.1 Å². The third kappa shape index (κ3) is 5.95. The van der Waals surface area contributed by atoms with Crippen molar-refractivity contribution in [1.29, 1.82) is 0 Å². The molecule has 0 unspecified atom stereocenters. The Morgan fingerprint density at radius 3 is 1.83 bits per heavy atom. The minimum Gasteiger partial charge on any atom is -0.461 e. The average molecular weight is 407 g/mol. The number of rotatable bonds is 5. The summed E-state index contributed by atoms with van der Waals surface area (Å²) in [6.07, 6.45) is -1.42. The second kappa shape index (κ2) is 8.81. The molecule has 24 heavy (non-hydrogen) atoms. The molecule has 0 fully saturated rings. The highest BCUT2D eigenvalue weighted by Crippen LogP contribution is 2.31. The first kappa shape index (κ1) is 20.1. The molecule has 0 spiro atoms. The van der Waals surface area contributed by atoms with Crippen LogP contribution >= 0.6 is 15.9 Å². The Hall–Kier alpha value is -1.90. The van der Waals surface area contributed by atoms with Gasteiger partial charge in [0, 0.05) is 33.3 Å². The molecule has 0 heterocycles. The predicted octanol–water partition coefficient (Wildman–Crippen LogP) is 1.05. The average Bonchev–Trinajstić information content (AvgIpc) is 2.42. The van der Waals surface area contributed by atoms with Gasteiger partial charge in [0.05, 0.1) is 4.83 Å². The molecule has 0 amide bonds. The maximum Gasteiger partial charge on any atom is 0.303 e. The second-order valence-electron chi connectivity index (χ2n) is 5.14. The van der Waals surface area contributed by atoms with Crippen molar-refractivity contribution in [1.82, 2.24) is 0 Å². The van der Waals surface area contributed by atoms with Crippen LogP contribution in [0, 0.1) is 0 Å². The molecule has 0 aromatic heterocycles. The zero-order valence-corrected chi connectivity index (χ0v) is 15.3. The fourth-order valence-corrected chi connectivity index (χ4v) is 2.99. The molecule has 0 N–H and O–H groups in total. The Balaban J connectivity index is 3.21. The Bertz CT molecular complexity index is 556. The highest BCUT2D eigenvalue weighted by Gasteiger charge is 2.45. The van der Waals surface area contributed by atoms with E-state index < -0.39 is 47.0 Å². The summed E-state index contributed by atoms with van der Waals surface area (Å²) in [5.74, 6) is -2.36. The van der Waals surface area contributed by atoms with Gasteiger partial charge in [-0.2, -0.15) is 0 Å². The monoisotopic (exact) mass is 406 g/mol. The van der Waals surface area contributed by atoms with Gasteiger partial charge >= 0.3 is 23.9 Å². The van der Waals surface area contributed by atoms with E-state index in [1.165, 1.54) is 27.7 Å². The van der Waals surface area contributed by atoms with Crippen LogP contribution in [0.4, 0.5) is 0 Å². The number of carbonyl (C=O) groups is 4. The molecule has 134 valence electrons. The Morgan fingerprint density at radius 1 is 0.875 bits per heavy atom. The van der Waals surface area contributed by atoms with Gasteiger partial charge in [-0.15, -0.1) is 0 Å².